The van der Waals surface area contributed by atoms with Crippen LogP contribution >= 0.6 is 11.6 Å². The van der Waals surface area contributed by atoms with Gasteiger partial charge in [0.15, 0.2) is 0 Å². The normalized spacial score (nSPS) is 9.08. The molecule has 12 heavy (non-hydrogen) atoms. The third-order valence-electron chi connectivity index (χ3n) is 1.51. The highest BCUT2D eigenvalue weighted by Gasteiger charge is 1.97. The van der Waals surface area contributed by atoms with E-state index in [1.807, 2.05) is 25.1 Å². The van der Waals surface area contributed by atoms with Gasteiger partial charge in [-0.3, -0.25) is 0 Å². The fraction of sp³-hybridized carbons (Fsp3) is 0.200. The van der Waals surface area contributed by atoms with Crippen LogP contribution in [0.25, 0.3) is 0 Å². The van der Waals surface area contributed by atoms with Crippen LogP contribution in [-0.2, 0) is 0 Å². The predicted molar refractivity (Wildman–Crippen MR) is 53.5 cm³/mol. The largest absolute Gasteiger partial charge is 0.373 e. The molecular weight excluding hydrogens is 170 g/mol. The molecule has 0 aromatic heterocycles. The quantitative estimate of drug-likeness (QED) is 0.689. The highest BCUT2D eigenvalue weighted by atomic mass is 35.5. The Bertz CT molecular complexity index is 312. The van der Waals surface area contributed by atoms with Gasteiger partial charge >= 0.3 is 0 Å². The summed E-state index contributed by atoms with van der Waals surface area (Å²) in [5.74, 6) is 2.49. The molecule has 0 atom stereocenters. The van der Waals surface area contributed by atoms with Gasteiger partial charge in [0, 0.05) is 0 Å². The second kappa shape index (κ2) is 4.04. The topological polar surface area (TPSA) is 12.0 Å². The Hall–Kier alpha value is -1.13. The summed E-state index contributed by atoms with van der Waals surface area (Å²) in [6, 6.07) is 5.82. The van der Waals surface area contributed by atoms with E-state index in [1.165, 1.54) is 0 Å². The lowest BCUT2D eigenvalue weighted by atomic mass is 10.2. The van der Waals surface area contributed by atoms with Gasteiger partial charge in [0.25, 0.3) is 0 Å². The van der Waals surface area contributed by atoms with E-state index >= 15 is 0 Å². The number of benzene rings is 1. The van der Waals surface area contributed by atoms with Crippen molar-refractivity contribution in [2.24, 2.45) is 0 Å². The van der Waals surface area contributed by atoms with Crippen LogP contribution in [0.15, 0.2) is 18.2 Å². The maximum atomic E-state index is 5.93. The van der Waals surface area contributed by atoms with Crippen LogP contribution in [0.2, 0.25) is 5.02 Å². The molecule has 1 aromatic carbocycles. The summed E-state index contributed by atoms with van der Waals surface area (Å²) < 4.78 is 0. The molecule has 62 valence electrons. The first kappa shape index (κ1) is 8.96. The first-order valence-electron chi connectivity index (χ1n) is 3.67. The zero-order valence-corrected chi connectivity index (χ0v) is 7.65. The third-order valence-corrected chi connectivity index (χ3v) is 1.82. The van der Waals surface area contributed by atoms with Crippen LogP contribution in [0.3, 0.4) is 0 Å². The van der Waals surface area contributed by atoms with Crippen molar-refractivity contribution in [3.63, 3.8) is 0 Å². The molecule has 1 N–H and O–H groups in total. The number of hydrogen-bond acceptors (Lipinski definition) is 1. The summed E-state index contributed by atoms with van der Waals surface area (Å²) in [7, 11) is 0. The molecule has 0 saturated carbocycles. The SMILES string of the molecule is C#CCNc1ccc(C)cc1Cl. The van der Waals surface area contributed by atoms with E-state index in [0.717, 1.165) is 11.3 Å². The van der Waals surface area contributed by atoms with Crippen LogP contribution in [0.4, 0.5) is 5.69 Å². The highest BCUT2D eigenvalue weighted by Crippen LogP contribution is 2.22. The van der Waals surface area contributed by atoms with Gasteiger partial charge in [0.1, 0.15) is 0 Å². The molecule has 0 aliphatic rings. The number of terminal acetylenes is 1. The Morgan fingerprint density at radius 1 is 1.58 bits per heavy atom. The maximum Gasteiger partial charge on any atom is 0.0763 e. The van der Waals surface area contributed by atoms with Crippen LogP contribution in [0.1, 0.15) is 5.56 Å². The van der Waals surface area contributed by atoms with Crippen molar-refractivity contribution in [1.82, 2.24) is 0 Å². The van der Waals surface area contributed by atoms with Crippen LogP contribution in [-0.4, -0.2) is 6.54 Å². The van der Waals surface area contributed by atoms with E-state index in [-0.39, 0.29) is 0 Å². The number of anilines is 1. The Balaban J connectivity index is 2.81. The first-order chi connectivity index (χ1) is 5.74. The molecule has 1 rings (SSSR count). The van der Waals surface area contributed by atoms with Gasteiger partial charge in [-0.2, -0.15) is 0 Å². The van der Waals surface area contributed by atoms with Crippen molar-refractivity contribution in [2.75, 3.05) is 11.9 Å². The van der Waals surface area contributed by atoms with Gasteiger partial charge in [0.05, 0.1) is 17.3 Å². The smallest absolute Gasteiger partial charge is 0.0763 e. The Kier molecular flexibility index (Phi) is 3.01. The van der Waals surface area contributed by atoms with Crippen molar-refractivity contribution in [3.8, 4) is 12.3 Å². The Morgan fingerprint density at radius 3 is 2.92 bits per heavy atom. The number of rotatable bonds is 2. The predicted octanol–water partition coefficient (Wildman–Crippen LogP) is 2.69. The number of hydrogen-bond donors (Lipinski definition) is 1. The number of halogens is 1. The maximum absolute atomic E-state index is 5.93. The minimum atomic E-state index is 0.503. The summed E-state index contributed by atoms with van der Waals surface area (Å²) in [4.78, 5) is 0. The molecule has 0 heterocycles. The second-order valence-electron chi connectivity index (χ2n) is 2.54. The van der Waals surface area contributed by atoms with Crippen molar-refractivity contribution >= 4 is 17.3 Å². The molecular formula is C10H10ClN. The van der Waals surface area contributed by atoms with Crippen LogP contribution < -0.4 is 5.32 Å². The highest BCUT2D eigenvalue weighted by molar-refractivity contribution is 6.33. The first-order valence-corrected chi connectivity index (χ1v) is 4.05. The molecule has 2 heteroatoms. The molecule has 0 spiro atoms. The lowest BCUT2D eigenvalue weighted by Crippen LogP contribution is -1.98. The van der Waals surface area contributed by atoms with Gasteiger partial charge in [-0.05, 0) is 24.6 Å². The molecule has 1 nitrogen and oxygen atoms in total. The zero-order valence-electron chi connectivity index (χ0n) is 6.89. The molecule has 0 radical (unpaired) electrons. The average molecular weight is 180 g/mol. The monoisotopic (exact) mass is 179 g/mol. The summed E-state index contributed by atoms with van der Waals surface area (Å²) in [5, 5.41) is 3.73. The average Bonchev–Trinajstić information content (AvgIpc) is 2.03. The molecule has 0 amide bonds. The Morgan fingerprint density at radius 2 is 2.33 bits per heavy atom. The summed E-state index contributed by atoms with van der Waals surface area (Å²) in [5.41, 5.74) is 2.03. The van der Waals surface area contributed by atoms with E-state index in [1.54, 1.807) is 0 Å². The minimum Gasteiger partial charge on any atom is -0.373 e. The second-order valence-corrected chi connectivity index (χ2v) is 2.95. The summed E-state index contributed by atoms with van der Waals surface area (Å²) in [6.45, 7) is 2.50. The minimum absolute atomic E-state index is 0.503. The molecule has 0 bridgehead atoms. The molecule has 0 aliphatic carbocycles. The van der Waals surface area contributed by atoms with Gasteiger partial charge in [0.2, 0.25) is 0 Å². The zero-order chi connectivity index (χ0) is 8.97. The van der Waals surface area contributed by atoms with Crippen molar-refractivity contribution in [3.05, 3.63) is 28.8 Å². The van der Waals surface area contributed by atoms with Crippen molar-refractivity contribution < 1.29 is 0 Å². The molecule has 0 aliphatic heterocycles. The van der Waals surface area contributed by atoms with Gasteiger partial charge in [-0.1, -0.05) is 23.6 Å². The Labute approximate surface area is 77.7 Å². The molecule has 0 unspecified atom stereocenters. The van der Waals surface area contributed by atoms with E-state index in [9.17, 15) is 0 Å². The molecule has 0 saturated heterocycles. The van der Waals surface area contributed by atoms with Crippen molar-refractivity contribution in [2.45, 2.75) is 6.92 Å². The molecule has 0 fully saturated rings. The fourth-order valence-corrected chi connectivity index (χ4v) is 1.21. The summed E-state index contributed by atoms with van der Waals surface area (Å²) >= 11 is 5.93. The van der Waals surface area contributed by atoms with Gasteiger partial charge < -0.3 is 5.32 Å². The fourth-order valence-electron chi connectivity index (χ4n) is 0.910. The van der Waals surface area contributed by atoms with E-state index in [4.69, 9.17) is 18.0 Å². The summed E-state index contributed by atoms with van der Waals surface area (Å²) in [6.07, 6.45) is 5.10. The third kappa shape index (κ3) is 2.18. The van der Waals surface area contributed by atoms with Gasteiger partial charge in [-0.25, -0.2) is 0 Å². The van der Waals surface area contributed by atoms with E-state index in [2.05, 4.69) is 11.2 Å². The van der Waals surface area contributed by atoms with E-state index in [0.29, 0.717) is 11.6 Å². The number of aryl methyl sites for hydroxylation is 1. The lowest BCUT2D eigenvalue weighted by molar-refractivity contribution is 1.36. The van der Waals surface area contributed by atoms with Gasteiger partial charge in [-0.15, -0.1) is 6.42 Å². The standard InChI is InChI=1S/C10H10ClN/c1-3-6-12-10-5-4-8(2)7-9(10)11/h1,4-5,7,12H,6H2,2H3. The van der Waals surface area contributed by atoms with Crippen molar-refractivity contribution in [1.29, 1.82) is 0 Å². The lowest BCUT2D eigenvalue weighted by Gasteiger charge is -2.05. The van der Waals surface area contributed by atoms with E-state index < -0.39 is 0 Å². The van der Waals surface area contributed by atoms with Crippen LogP contribution in [0.5, 0.6) is 0 Å². The number of nitrogens with one attached hydrogen (secondary N) is 1. The van der Waals surface area contributed by atoms with Crippen LogP contribution in [0, 0.1) is 19.3 Å². The molecule has 1 aromatic rings.